The molecular formula is C22H29N7O. The highest BCUT2D eigenvalue weighted by Gasteiger charge is 2.21. The molecular weight excluding hydrogens is 378 g/mol. The Kier molecular flexibility index (Phi) is 5.76. The summed E-state index contributed by atoms with van der Waals surface area (Å²) in [5.74, 6) is 2.34. The van der Waals surface area contributed by atoms with Crippen molar-refractivity contribution in [2.24, 2.45) is 0 Å². The van der Waals surface area contributed by atoms with Crippen LogP contribution in [0.2, 0.25) is 0 Å². The molecule has 3 heterocycles. The lowest BCUT2D eigenvalue weighted by molar-refractivity contribution is 0.0398. The van der Waals surface area contributed by atoms with Crippen LogP contribution in [-0.2, 0) is 24.1 Å². The van der Waals surface area contributed by atoms with E-state index in [2.05, 4.69) is 32.7 Å². The smallest absolute Gasteiger partial charge is 0.256 e. The number of fused-ring (bicyclic) bond motifs is 2. The molecule has 0 spiro atoms. The molecule has 0 atom stereocenters. The molecule has 3 aromatic rings. The van der Waals surface area contributed by atoms with E-state index < -0.39 is 0 Å². The minimum atomic E-state index is 0.616. The molecule has 1 aliphatic carbocycles. The van der Waals surface area contributed by atoms with E-state index in [4.69, 9.17) is 14.8 Å². The number of benzene rings is 1. The third-order valence-corrected chi connectivity index (χ3v) is 5.88. The van der Waals surface area contributed by atoms with Gasteiger partial charge in [-0.25, -0.2) is 4.98 Å². The number of hydrogen-bond acceptors (Lipinski definition) is 7. The molecule has 158 valence electrons. The molecule has 2 aliphatic rings. The van der Waals surface area contributed by atoms with Crippen LogP contribution in [0.15, 0.2) is 30.3 Å². The summed E-state index contributed by atoms with van der Waals surface area (Å²) in [6, 6.07) is 10.3. The summed E-state index contributed by atoms with van der Waals surface area (Å²) in [6.07, 6.45) is 4.46. The number of rotatable bonds is 7. The van der Waals surface area contributed by atoms with Crippen molar-refractivity contribution in [1.82, 2.24) is 24.5 Å². The van der Waals surface area contributed by atoms with E-state index in [-0.39, 0.29) is 0 Å². The average Bonchev–Trinajstić information content (AvgIpc) is 3.21. The van der Waals surface area contributed by atoms with Crippen molar-refractivity contribution < 1.29 is 4.74 Å². The fourth-order valence-corrected chi connectivity index (χ4v) is 4.23. The topological polar surface area (TPSA) is 79.6 Å². The Hall–Kier alpha value is -2.71. The maximum absolute atomic E-state index is 5.45. The van der Waals surface area contributed by atoms with Gasteiger partial charge in [-0.15, -0.1) is 5.10 Å². The Balaban J connectivity index is 1.36. The van der Waals surface area contributed by atoms with Crippen LogP contribution in [0.25, 0.3) is 5.78 Å². The molecule has 8 heteroatoms. The molecule has 30 heavy (non-hydrogen) atoms. The van der Waals surface area contributed by atoms with Crippen molar-refractivity contribution >= 4 is 17.5 Å². The number of morpholine rings is 1. The Morgan fingerprint density at radius 2 is 1.80 bits per heavy atom. The van der Waals surface area contributed by atoms with Gasteiger partial charge < -0.3 is 15.4 Å². The zero-order chi connectivity index (χ0) is 20.2. The Morgan fingerprint density at radius 3 is 2.67 bits per heavy atom. The minimum Gasteiger partial charge on any atom is -0.379 e. The number of anilines is 2. The summed E-state index contributed by atoms with van der Waals surface area (Å²) in [5.41, 5.74) is 3.67. The maximum Gasteiger partial charge on any atom is 0.256 e. The molecule has 2 N–H and O–H groups in total. The predicted octanol–water partition coefficient (Wildman–Crippen LogP) is 2.36. The van der Waals surface area contributed by atoms with E-state index in [0.717, 1.165) is 58.1 Å². The fourth-order valence-electron chi connectivity index (χ4n) is 4.23. The van der Waals surface area contributed by atoms with Gasteiger partial charge in [0, 0.05) is 38.3 Å². The summed E-state index contributed by atoms with van der Waals surface area (Å²) >= 11 is 0. The summed E-state index contributed by atoms with van der Waals surface area (Å²) in [4.78, 5) is 11.9. The molecule has 0 bridgehead atoms. The molecule has 0 amide bonds. The number of aromatic nitrogens is 4. The lowest BCUT2D eigenvalue weighted by Gasteiger charge is -2.27. The Labute approximate surface area is 176 Å². The van der Waals surface area contributed by atoms with Crippen LogP contribution < -0.4 is 10.6 Å². The normalized spacial score (nSPS) is 17.1. The monoisotopic (exact) mass is 407 g/mol. The molecule has 8 nitrogen and oxygen atoms in total. The van der Waals surface area contributed by atoms with Gasteiger partial charge in [0.1, 0.15) is 5.82 Å². The van der Waals surface area contributed by atoms with Crippen LogP contribution in [0.5, 0.6) is 0 Å². The van der Waals surface area contributed by atoms with E-state index in [1.165, 1.54) is 29.7 Å². The third-order valence-electron chi connectivity index (χ3n) is 5.88. The summed E-state index contributed by atoms with van der Waals surface area (Å²) in [6.45, 7) is 6.22. The first-order valence-corrected chi connectivity index (χ1v) is 11.0. The van der Waals surface area contributed by atoms with Gasteiger partial charge in [0.25, 0.3) is 5.78 Å². The van der Waals surface area contributed by atoms with E-state index in [0.29, 0.717) is 18.3 Å². The van der Waals surface area contributed by atoms with Gasteiger partial charge in [-0.05, 0) is 31.2 Å². The van der Waals surface area contributed by atoms with Gasteiger partial charge in [-0.1, -0.05) is 30.3 Å². The van der Waals surface area contributed by atoms with Crippen molar-refractivity contribution in [3.05, 3.63) is 47.2 Å². The van der Waals surface area contributed by atoms with Crippen molar-refractivity contribution in [2.45, 2.75) is 32.2 Å². The second-order valence-electron chi connectivity index (χ2n) is 7.96. The van der Waals surface area contributed by atoms with Crippen LogP contribution >= 0.6 is 0 Å². The number of ether oxygens (including phenoxy) is 1. The second kappa shape index (κ2) is 8.97. The zero-order valence-electron chi connectivity index (χ0n) is 17.3. The molecule has 0 saturated carbocycles. The molecule has 2 aromatic heterocycles. The Morgan fingerprint density at radius 1 is 0.967 bits per heavy atom. The molecule has 1 aromatic carbocycles. The molecule has 0 radical (unpaired) electrons. The van der Waals surface area contributed by atoms with Gasteiger partial charge in [0.05, 0.1) is 18.9 Å². The van der Waals surface area contributed by atoms with Gasteiger partial charge in [0.15, 0.2) is 0 Å². The average molecular weight is 408 g/mol. The van der Waals surface area contributed by atoms with Crippen molar-refractivity contribution in [3.8, 4) is 0 Å². The largest absolute Gasteiger partial charge is 0.379 e. The highest BCUT2D eigenvalue weighted by molar-refractivity contribution is 5.55. The van der Waals surface area contributed by atoms with E-state index in [1.54, 1.807) is 0 Å². The molecule has 1 saturated heterocycles. The van der Waals surface area contributed by atoms with Gasteiger partial charge in [-0.3, -0.25) is 4.90 Å². The van der Waals surface area contributed by atoms with E-state index in [9.17, 15) is 0 Å². The number of hydrogen-bond donors (Lipinski definition) is 2. The number of nitrogens with zero attached hydrogens (tertiary/aromatic N) is 5. The first-order valence-electron chi connectivity index (χ1n) is 11.0. The summed E-state index contributed by atoms with van der Waals surface area (Å²) in [7, 11) is 0. The molecule has 0 unspecified atom stereocenters. The highest BCUT2D eigenvalue weighted by atomic mass is 16.5. The maximum atomic E-state index is 5.45. The quantitative estimate of drug-likeness (QED) is 0.622. The van der Waals surface area contributed by atoms with Crippen LogP contribution in [0, 0.1) is 0 Å². The molecule has 5 rings (SSSR count). The first-order chi connectivity index (χ1) is 14.9. The Bertz CT molecular complexity index is 982. The summed E-state index contributed by atoms with van der Waals surface area (Å²) in [5, 5.41) is 11.7. The second-order valence-corrected chi connectivity index (χ2v) is 7.96. The lowest BCUT2D eigenvalue weighted by atomic mass is 9.96. The van der Waals surface area contributed by atoms with E-state index >= 15 is 0 Å². The SMILES string of the molecule is c1ccc(CNc2nc3nc4c(c(NCCN5CCOCC5)n3n2)CCCC4)cc1. The van der Waals surface area contributed by atoms with E-state index in [1.807, 2.05) is 22.7 Å². The minimum absolute atomic E-state index is 0.616. The molecule has 1 fully saturated rings. The van der Waals surface area contributed by atoms with Crippen LogP contribution in [0.3, 0.4) is 0 Å². The zero-order valence-corrected chi connectivity index (χ0v) is 17.3. The lowest BCUT2D eigenvalue weighted by Crippen LogP contribution is -2.39. The van der Waals surface area contributed by atoms with Crippen molar-refractivity contribution in [3.63, 3.8) is 0 Å². The van der Waals surface area contributed by atoms with Gasteiger partial charge >= 0.3 is 0 Å². The van der Waals surface area contributed by atoms with Crippen molar-refractivity contribution in [1.29, 1.82) is 0 Å². The van der Waals surface area contributed by atoms with Crippen LogP contribution in [0.1, 0.15) is 29.7 Å². The fraction of sp³-hybridized carbons (Fsp3) is 0.500. The number of aryl methyl sites for hydroxylation is 1. The van der Waals surface area contributed by atoms with Gasteiger partial charge in [0.2, 0.25) is 5.95 Å². The number of nitrogens with one attached hydrogen (secondary N) is 2. The highest BCUT2D eigenvalue weighted by Crippen LogP contribution is 2.27. The first kappa shape index (κ1) is 19.3. The van der Waals surface area contributed by atoms with Crippen LogP contribution in [0.4, 0.5) is 11.8 Å². The van der Waals surface area contributed by atoms with Gasteiger partial charge in [-0.2, -0.15) is 9.50 Å². The third kappa shape index (κ3) is 4.24. The van der Waals surface area contributed by atoms with Crippen molar-refractivity contribution in [2.75, 3.05) is 50.0 Å². The predicted molar refractivity (Wildman–Crippen MR) is 117 cm³/mol. The standard InChI is InChI=1S/C22H29N7O/c1-2-6-17(7-3-1)16-24-21-26-22-25-19-9-5-4-8-18(19)20(29(22)27-21)23-10-11-28-12-14-30-15-13-28/h1-3,6-7,23H,4-5,8-16H2,(H,24,27). The molecule has 1 aliphatic heterocycles. The summed E-state index contributed by atoms with van der Waals surface area (Å²) < 4.78 is 7.34. The van der Waals surface area contributed by atoms with Crippen LogP contribution in [-0.4, -0.2) is 63.9 Å².